The van der Waals surface area contributed by atoms with Crippen LogP contribution in [0, 0.1) is 5.82 Å². The first-order valence-electron chi connectivity index (χ1n) is 9.36. The summed E-state index contributed by atoms with van der Waals surface area (Å²) in [6.45, 7) is 4.49. The monoisotopic (exact) mass is 396 g/mol. The predicted molar refractivity (Wildman–Crippen MR) is 113 cm³/mol. The number of rotatable bonds is 5. The number of halogens is 2. The van der Waals surface area contributed by atoms with Crippen LogP contribution >= 0.6 is 11.6 Å². The Bertz CT molecular complexity index is 930. The first-order valence-corrected chi connectivity index (χ1v) is 9.74. The van der Waals surface area contributed by atoms with Crippen molar-refractivity contribution >= 4 is 23.4 Å². The van der Waals surface area contributed by atoms with Crippen LogP contribution in [0.25, 0.3) is 11.8 Å². The van der Waals surface area contributed by atoms with Crippen molar-refractivity contribution in [2.45, 2.75) is 0 Å². The minimum Gasteiger partial charge on any atom is -0.367 e. The molecule has 1 aromatic heterocycles. The third kappa shape index (κ3) is 4.43. The fraction of sp³-hybridized carbons (Fsp3) is 0.227. The smallest absolute Gasteiger partial charge is 0.125 e. The maximum absolute atomic E-state index is 13.9. The molecule has 1 saturated heterocycles. The normalized spacial score (nSPS) is 15.4. The Hall–Kier alpha value is -2.63. The number of benzene rings is 2. The molecule has 0 unspecified atom stereocenters. The number of aromatic nitrogens is 2. The molecular weight excluding hydrogens is 375 g/mol. The van der Waals surface area contributed by atoms with Crippen molar-refractivity contribution in [3.05, 3.63) is 83.7 Å². The maximum atomic E-state index is 13.9. The van der Waals surface area contributed by atoms with Gasteiger partial charge in [0.15, 0.2) is 0 Å². The van der Waals surface area contributed by atoms with E-state index in [1.54, 1.807) is 18.6 Å². The largest absolute Gasteiger partial charge is 0.367 e. The fourth-order valence-electron chi connectivity index (χ4n) is 3.45. The van der Waals surface area contributed by atoms with Gasteiger partial charge in [-0.25, -0.2) is 9.37 Å². The van der Waals surface area contributed by atoms with E-state index in [-0.39, 0.29) is 5.82 Å². The molecule has 2 heterocycles. The second-order valence-corrected chi connectivity index (χ2v) is 7.28. The van der Waals surface area contributed by atoms with Gasteiger partial charge < -0.3 is 9.47 Å². The zero-order chi connectivity index (χ0) is 19.3. The average Bonchev–Trinajstić information content (AvgIpc) is 3.25. The Labute approximate surface area is 169 Å². The van der Waals surface area contributed by atoms with E-state index >= 15 is 0 Å². The molecule has 0 atom stereocenters. The van der Waals surface area contributed by atoms with E-state index in [1.165, 1.54) is 6.07 Å². The number of imidazole rings is 1. The van der Waals surface area contributed by atoms with E-state index in [0.717, 1.165) is 54.7 Å². The van der Waals surface area contributed by atoms with Gasteiger partial charge in [-0.15, -0.1) is 0 Å². The van der Waals surface area contributed by atoms with E-state index in [4.69, 9.17) is 11.6 Å². The molecule has 1 fully saturated rings. The first-order chi connectivity index (χ1) is 13.7. The molecule has 144 valence electrons. The first kappa shape index (κ1) is 18.7. The van der Waals surface area contributed by atoms with E-state index in [9.17, 15) is 4.39 Å². The summed E-state index contributed by atoms with van der Waals surface area (Å²) in [4.78, 5) is 8.76. The standard InChI is InChI=1S/C22H22ClFN4/c23-19-5-3-18(4-6-19)2-1-10-26-12-14-27(15-13-26)22-16-20(24)7-8-21(22)28-11-9-25-17-28/h1-9,11,16-17H,10,12-15H2/b2-1+. The molecule has 2 aromatic carbocycles. The highest BCUT2D eigenvalue weighted by atomic mass is 35.5. The van der Waals surface area contributed by atoms with E-state index in [1.807, 2.05) is 41.1 Å². The lowest BCUT2D eigenvalue weighted by molar-refractivity contribution is 0.284. The van der Waals surface area contributed by atoms with Gasteiger partial charge in [0.05, 0.1) is 17.7 Å². The molecule has 1 aliphatic heterocycles. The summed E-state index contributed by atoms with van der Waals surface area (Å²) < 4.78 is 15.8. The van der Waals surface area contributed by atoms with Gasteiger partial charge in [0.1, 0.15) is 5.82 Å². The Morgan fingerprint density at radius 2 is 1.79 bits per heavy atom. The topological polar surface area (TPSA) is 24.3 Å². The van der Waals surface area contributed by atoms with Crippen LogP contribution in [0.2, 0.25) is 5.02 Å². The van der Waals surface area contributed by atoms with Gasteiger partial charge in [0.25, 0.3) is 0 Å². The predicted octanol–water partition coefficient (Wildman–Crippen LogP) is 4.50. The number of hydrogen-bond donors (Lipinski definition) is 0. The lowest BCUT2D eigenvalue weighted by Gasteiger charge is -2.36. The van der Waals surface area contributed by atoms with Crippen molar-refractivity contribution in [1.82, 2.24) is 14.5 Å². The van der Waals surface area contributed by atoms with Crippen LogP contribution < -0.4 is 4.90 Å². The third-order valence-corrected chi connectivity index (χ3v) is 5.23. The molecule has 0 aliphatic carbocycles. The van der Waals surface area contributed by atoms with Gasteiger partial charge in [-0.05, 0) is 35.9 Å². The minimum atomic E-state index is -0.216. The molecule has 0 amide bonds. The number of piperazine rings is 1. The summed E-state index contributed by atoms with van der Waals surface area (Å²) in [5.74, 6) is -0.216. The molecule has 28 heavy (non-hydrogen) atoms. The Morgan fingerprint density at radius 3 is 2.50 bits per heavy atom. The summed E-state index contributed by atoms with van der Waals surface area (Å²) >= 11 is 5.92. The molecule has 0 bridgehead atoms. The molecular formula is C22H22ClFN4. The second-order valence-electron chi connectivity index (χ2n) is 6.84. The highest BCUT2D eigenvalue weighted by molar-refractivity contribution is 6.30. The summed E-state index contributed by atoms with van der Waals surface area (Å²) in [5.41, 5.74) is 3.01. The molecule has 4 rings (SSSR count). The van der Waals surface area contributed by atoms with Crippen LogP contribution in [0.3, 0.4) is 0 Å². The minimum absolute atomic E-state index is 0.216. The Kier molecular flexibility index (Phi) is 5.74. The highest BCUT2D eigenvalue weighted by Gasteiger charge is 2.19. The van der Waals surface area contributed by atoms with Gasteiger partial charge in [-0.1, -0.05) is 35.9 Å². The molecule has 0 N–H and O–H groups in total. The van der Waals surface area contributed by atoms with Gasteiger partial charge in [0, 0.05) is 50.1 Å². The maximum Gasteiger partial charge on any atom is 0.125 e. The summed E-state index contributed by atoms with van der Waals surface area (Å²) in [6.07, 6.45) is 9.66. The molecule has 3 aromatic rings. The van der Waals surface area contributed by atoms with Crippen molar-refractivity contribution in [2.24, 2.45) is 0 Å². The molecule has 1 aliphatic rings. The lowest BCUT2D eigenvalue weighted by Crippen LogP contribution is -2.46. The van der Waals surface area contributed by atoms with Gasteiger partial charge in [-0.3, -0.25) is 4.90 Å². The quantitative estimate of drug-likeness (QED) is 0.634. The van der Waals surface area contributed by atoms with Crippen LogP contribution in [0.15, 0.2) is 67.3 Å². The van der Waals surface area contributed by atoms with Crippen LogP contribution in [-0.4, -0.2) is 47.2 Å². The van der Waals surface area contributed by atoms with Crippen molar-refractivity contribution in [3.63, 3.8) is 0 Å². The van der Waals surface area contributed by atoms with Crippen LogP contribution in [0.4, 0.5) is 10.1 Å². The number of hydrogen-bond acceptors (Lipinski definition) is 3. The van der Waals surface area contributed by atoms with Crippen LogP contribution in [-0.2, 0) is 0 Å². The zero-order valence-corrected chi connectivity index (χ0v) is 16.3. The number of nitrogens with zero attached hydrogens (tertiary/aromatic N) is 4. The second kappa shape index (κ2) is 8.59. The summed E-state index contributed by atoms with van der Waals surface area (Å²) in [6, 6.07) is 12.8. The number of anilines is 1. The Morgan fingerprint density at radius 1 is 1.00 bits per heavy atom. The fourth-order valence-corrected chi connectivity index (χ4v) is 3.58. The van der Waals surface area contributed by atoms with E-state index < -0.39 is 0 Å². The molecule has 0 saturated carbocycles. The van der Waals surface area contributed by atoms with E-state index in [2.05, 4.69) is 26.9 Å². The zero-order valence-electron chi connectivity index (χ0n) is 15.5. The molecule has 0 spiro atoms. The highest BCUT2D eigenvalue weighted by Crippen LogP contribution is 2.26. The molecule has 6 heteroatoms. The van der Waals surface area contributed by atoms with Crippen LogP contribution in [0.5, 0.6) is 0 Å². The third-order valence-electron chi connectivity index (χ3n) is 4.98. The summed E-state index contributed by atoms with van der Waals surface area (Å²) in [7, 11) is 0. The molecule has 0 radical (unpaired) electrons. The van der Waals surface area contributed by atoms with Gasteiger partial charge >= 0.3 is 0 Å². The Balaban J connectivity index is 1.38. The van der Waals surface area contributed by atoms with Crippen molar-refractivity contribution in [1.29, 1.82) is 0 Å². The van der Waals surface area contributed by atoms with Gasteiger partial charge in [0.2, 0.25) is 0 Å². The van der Waals surface area contributed by atoms with Crippen LogP contribution in [0.1, 0.15) is 5.56 Å². The van der Waals surface area contributed by atoms with Crippen molar-refractivity contribution in [2.75, 3.05) is 37.6 Å². The van der Waals surface area contributed by atoms with Crippen molar-refractivity contribution < 1.29 is 4.39 Å². The van der Waals surface area contributed by atoms with Gasteiger partial charge in [-0.2, -0.15) is 0 Å². The average molecular weight is 397 g/mol. The lowest BCUT2D eigenvalue weighted by atomic mass is 10.2. The van der Waals surface area contributed by atoms with E-state index in [0.29, 0.717) is 0 Å². The van der Waals surface area contributed by atoms with Crippen molar-refractivity contribution in [3.8, 4) is 5.69 Å². The SMILES string of the molecule is Fc1ccc(-n2ccnc2)c(N2CCN(C/C=C/c3ccc(Cl)cc3)CC2)c1. The molecule has 4 nitrogen and oxygen atoms in total. The summed E-state index contributed by atoms with van der Waals surface area (Å²) in [5, 5.41) is 0.751.